The van der Waals surface area contributed by atoms with Crippen molar-refractivity contribution in [1.29, 1.82) is 0 Å². The molecule has 4 amide bonds. The van der Waals surface area contributed by atoms with E-state index in [0.29, 0.717) is 11.5 Å². The lowest BCUT2D eigenvalue weighted by Crippen LogP contribution is -2.56. The average molecular weight is 981 g/mol. The predicted molar refractivity (Wildman–Crippen MR) is 267 cm³/mol. The Hall–Kier alpha value is -7.00. The Morgan fingerprint density at radius 3 is 1.10 bits per heavy atom. The first-order chi connectivity index (χ1) is 35.7. The number of carbonyl (C=O) groups is 4. The van der Waals surface area contributed by atoms with Crippen LogP contribution in [-0.2, 0) is 44.2 Å². The van der Waals surface area contributed by atoms with Crippen LogP contribution in [0.15, 0.2) is 158 Å². The molecule has 2 N–H and O–H groups in total. The Labute approximate surface area is 423 Å². The summed E-state index contributed by atoms with van der Waals surface area (Å²) in [5.41, 5.74) is 5.66. The molecule has 6 aromatic rings. The molecule has 2 fully saturated rings. The van der Waals surface area contributed by atoms with Crippen molar-refractivity contribution in [3.8, 4) is 11.5 Å². The number of hydrogen-bond donors (Lipinski definition) is 2. The number of benzene rings is 6. The molecule has 2 aliphatic heterocycles. The first-order valence-electron chi connectivity index (χ1n) is 25.3. The van der Waals surface area contributed by atoms with Gasteiger partial charge in [0.15, 0.2) is 0 Å². The first-order valence-corrected chi connectivity index (χ1v) is 25.3. The van der Waals surface area contributed by atoms with Gasteiger partial charge in [0, 0.05) is 11.8 Å². The maximum Gasteiger partial charge on any atom is 0.234 e. The van der Waals surface area contributed by atoms with Crippen LogP contribution in [0.1, 0.15) is 56.3 Å². The van der Waals surface area contributed by atoms with E-state index in [1.807, 2.05) is 158 Å². The van der Waals surface area contributed by atoms with Crippen molar-refractivity contribution in [1.82, 2.24) is 9.80 Å². The van der Waals surface area contributed by atoms with E-state index in [2.05, 4.69) is 0 Å². The van der Waals surface area contributed by atoms with Crippen LogP contribution in [0.25, 0.3) is 0 Å². The van der Waals surface area contributed by atoms with E-state index in [-0.39, 0.29) is 101 Å². The number of ether oxygens (including phenoxy) is 5. The molecular weight excluding hydrogens is 925 g/mol. The number of imide groups is 2. The smallest absolute Gasteiger partial charge is 0.234 e. The summed E-state index contributed by atoms with van der Waals surface area (Å²) in [7, 11) is 0. The van der Waals surface area contributed by atoms with Crippen molar-refractivity contribution in [2.75, 3.05) is 65.9 Å². The average Bonchev–Trinajstić information content (AvgIpc) is 3.87. The van der Waals surface area contributed by atoms with E-state index < -0.39 is 46.7 Å². The van der Waals surface area contributed by atoms with Crippen LogP contribution in [0.5, 0.6) is 11.5 Å². The van der Waals surface area contributed by atoms with Crippen molar-refractivity contribution in [2.24, 2.45) is 23.7 Å². The van der Waals surface area contributed by atoms with Crippen LogP contribution in [0, 0.1) is 23.7 Å². The van der Waals surface area contributed by atoms with E-state index in [9.17, 15) is 29.4 Å². The lowest BCUT2D eigenvalue weighted by Gasteiger charge is -2.54. The van der Waals surface area contributed by atoms with Gasteiger partial charge in [-0.25, -0.2) is 0 Å². The van der Waals surface area contributed by atoms with Gasteiger partial charge in [0.25, 0.3) is 0 Å². The van der Waals surface area contributed by atoms with Crippen molar-refractivity contribution in [2.45, 2.75) is 34.9 Å². The molecule has 4 bridgehead atoms. The molecule has 6 atom stereocenters. The number of hydrogen-bond acceptors (Lipinski definition) is 11. The van der Waals surface area contributed by atoms with Gasteiger partial charge >= 0.3 is 0 Å². The molecule has 2 heterocycles. The summed E-state index contributed by atoms with van der Waals surface area (Å²) in [6.07, 6.45) is -1.89. The summed E-state index contributed by atoms with van der Waals surface area (Å²) >= 11 is 0. The zero-order valence-corrected chi connectivity index (χ0v) is 40.2. The number of aliphatic hydroxyl groups excluding tert-OH is 2. The Morgan fingerprint density at radius 2 is 0.740 bits per heavy atom. The molecule has 6 aliphatic carbocycles. The fourth-order valence-electron chi connectivity index (χ4n) is 13.5. The second-order valence-electron chi connectivity index (χ2n) is 20.1. The number of rotatable bonds is 20. The van der Waals surface area contributed by atoms with Gasteiger partial charge in [-0.2, -0.15) is 0 Å². The molecule has 6 unspecified atom stereocenters. The molecule has 8 aliphatic rings. The highest BCUT2D eigenvalue weighted by Gasteiger charge is 2.69. The van der Waals surface area contributed by atoms with Crippen molar-refractivity contribution >= 4 is 23.6 Å². The fraction of sp³-hybridized carbons (Fsp3) is 0.333. The van der Waals surface area contributed by atoms with Crippen LogP contribution < -0.4 is 9.47 Å². The van der Waals surface area contributed by atoms with Gasteiger partial charge in [-0.05, 0) is 68.8 Å². The highest BCUT2D eigenvalue weighted by molar-refractivity contribution is 6.09. The van der Waals surface area contributed by atoms with Crippen molar-refractivity contribution < 1.29 is 53.1 Å². The van der Waals surface area contributed by atoms with E-state index in [1.165, 1.54) is 9.80 Å². The quantitative estimate of drug-likeness (QED) is 0.0682. The molecule has 0 spiro atoms. The Bertz CT molecular complexity index is 2770. The molecule has 0 aromatic heterocycles. The summed E-state index contributed by atoms with van der Waals surface area (Å²) in [6.45, 7) is 0.00156. The molecule has 14 rings (SSSR count). The van der Waals surface area contributed by atoms with Gasteiger partial charge in [-0.15, -0.1) is 0 Å². The second kappa shape index (κ2) is 19.1. The first kappa shape index (κ1) is 47.0. The standard InChI is InChI=1S/C60H56N2O11/c63-37(33-72-39-15-3-1-4-16-39)31-70-35-59-45-23-11-7-19-41(45)49(42-20-8-12-24-46(42)59)51-53(59)57(67)61(55(51)65)27-29-69-30-28-62-56(66)52-50-43-21-9-13-25-47(43)60(54(52)58(62)68,48-26-14-10-22-44(48)50)36-71-32-38(64)34-73-40-17-5-2-6-18-40/h1-26,37-38,49-54,63-64H,27-36H2. The highest BCUT2D eigenvalue weighted by atomic mass is 16.5. The highest BCUT2D eigenvalue weighted by Crippen LogP contribution is 2.65. The Kier molecular flexibility index (Phi) is 12.3. The van der Waals surface area contributed by atoms with Gasteiger partial charge in [-0.1, -0.05) is 133 Å². The zero-order chi connectivity index (χ0) is 49.8. The Morgan fingerprint density at radius 1 is 0.411 bits per heavy atom. The number of likely N-dealkylation sites (tertiary alicyclic amines) is 2. The largest absolute Gasteiger partial charge is 0.491 e. The number of para-hydroxylation sites is 2. The fourth-order valence-corrected chi connectivity index (χ4v) is 13.5. The maximum absolute atomic E-state index is 14.9. The molecular formula is C60H56N2O11. The van der Waals surface area contributed by atoms with Crippen LogP contribution in [0.3, 0.4) is 0 Å². The monoisotopic (exact) mass is 980 g/mol. The second-order valence-corrected chi connectivity index (χ2v) is 20.1. The predicted octanol–water partition coefficient (Wildman–Crippen LogP) is 6.01. The lowest BCUT2D eigenvalue weighted by atomic mass is 9.47. The van der Waals surface area contributed by atoms with Crippen LogP contribution >= 0.6 is 0 Å². The minimum Gasteiger partial charge on any atom is -0.491 e. The lowest BCUT2D eigenvalue weighted by molar-refractivity contribution is -0.141. The third-order valence-corrected chi connectivity index (χ3v) is 16.3. The van der Waals surface area contributed by atoms with E-state index in [1.54, 1.807) is 0 Å². The summed E-state index contributed by atoms with van der Waals surface area (Å²) in [5, 5.41) is 21.9. The normalized spacial score (nSPS) is 26.4. The molecule has 2 saturated heterocycles. The number of aliphatic hydroxyl groups is 2. The Balaban J connectivity index is 0.739. The number of nitrogens with zero attached hydrogens (tertiary/aromatic N) is 2. The van der Waals surface area contributed by atoms with Gasteiger partial charge in [-0.3, -0.25) is 29.0 Å². The third kappa shape index (κ3) is 7.54. The molecule has 13 heteroatoms. The summed E-state index contributed by atoms with van der Waals surface area (Å²) in [5.74, 6) is -3.49. The van der Waals surface area contributed by atoms with E-state index in [0.717, 1.165) is 44.5 Å². The van der Waals surface area contributed by atoms with E-state index in [4.69, 9.17) is 23.7 Å². The number of carbonyl (C=O) groups excluding carboxylic acids is 4. The van der Waals surface area contributed by atoms with Gasteiger partial charge < -0.3 is 33.9 Å². The van der Waals surface area contributed by atoms with Crippen LogP contribution in [0.4, 0.5) is 0 Å². The number of amides is 4. The van der Waals surface area contributed by atoms with E-state index >= 15 is 0 Å². The third-order valence-electron chi connectivity index (χ3n) is 16.3. The summed E-state index contributed by atoms with van der Waals surface area (Å²) in [6, 6.07) is 50.4. The van der Waals surface area contributed by atoms with Gasteiger partial charge in [0.2, 0.25) is 23.6 Å². The topological polar surface area (TPSA) is 161 Å². The molecule has 0 radical (unpaired) electrons. The molecule has 73 heavy (non-hydrogen) atoms. The van der Waals surface area contributed by atoms with Crippen molar-refractivity contribution in [3.05, 3.63) is 202 Å². The van der Waals surface area contributed by atoms with Crippen LogP contribution in [-0.4, -0.2) is 122 Å². The molecule has 372 valence electrons. The van der Waals surface area contributed by atoms with Gasteiger partial charge in [0.1, 0.15) is 36.9 Å². The molecule has 0 saturated carbocycles. The SMILES string of the molecule is O=C1C2C3c4ccccc4C(COCC(O)COc4ccccc4)(c4ccccc43)C2C(=O)N1CCOCCN1C(=O)C2C3c4ccccc4C(COCC(O)COc4ccccc4)(c4ccccc43)C2C1=O. The maximum atomic E-state index is 14.9. The molecule has 6 aromatic carbocycles. The summed E-state index contributed by atoms with van der Waals surface area (Å²) in [4.78, 5) is 61.9. The van der Waals surface area contributed by atoms with Crippen molar-refractivity contribution in [3.63, 3.8) is 0 Å². The van der Waals surface area contributed by atoms with Crippen LogP contribution in [0.2, 0.25) is 0 Å². The molecule has 13 nitrogen and oxygen atoms in total. The zero-order valence-electron chi connectivity index (χ0n) is 40.2. The van der Waals surface area contributed by atoms with Gasteiger partial charge in [0.05, 0.1) is 87.2 Å². The minimum absolute atomic E-state index is 0.00470. The minimum atomic E-state index is -1.01. The summed E-state index contributed by atoms with van der Waals surface area (Å²) < 4.78 is 30.5.